The maximum absolute atomic E-state index is 12.5. The molecule has 0 radical (unpaired) electrons. The number of fused-ring (bicyclic) bond motifs is 1. The number of hydrogen-bond acceptors (Lipinski definition) is 6. The Morgan fingerprint density at radius 1 is 1.00 bits per heavy atom. The van der Waals surface area contributed by atoms with Crippen molar-refractivity contribution in [1.29, 1.82) is 0 Å². The van der Waals surface area contributed by atoms with Crippen LogP contribution in [0.25, 0.3) is 0 Å². The lowest BCUT2D eigenvalue weighted by Gasteiger charge is -2.26. The molecule has 0 saturated carbocycles. The molecular weight excluding hydrogens is 280 g/mol. The number of nitrogens with one attached hydrogen (secondary N) is 2. The predicted molar refractivity (Wildman–Crippen MR) is 76.7 cm³/mol. The lowest BCUT2D eigenvalue weighted by molar-refractivity contribution is -0.148. The van der Waals surface area contributed by atoms with Gasteiger partial charge in [-0.25, -0.2) is 8.42 Å². The molecule has 6 nitrogen and oxygen atoms in total. The van der Waals surface area contributed by atoms with Crippen molar-refractivity contribution in [3.05, 3.63) is 23.0 Å². The molecule has 0 aliphatic carbocycles. The zero-order chi connectivity index (χ0) is 15.3. The molecule has 0 aromatic carbocycles. The van der Waals surface area contributed by atoms with E-state index in [4.69, 9.17) is 9.47 Å². The fraction of sp³-hybridized carbons (Fsp3) is 0.692. The summed E-state index contributed by atoms with van der Waals surface area (Å²) in [5.74, 6) is -0.777. The average molecular weight is 302 g/mol. The van der Waals surface area contributed by atoms with Gasteiger partial charge < -0.3 is 20.1 Å². The molecule has 2 aliphatic rings. The highest BCUT2D eigenvalue weighted by Gasteiger charge is 2.54. The lowest BCUT2D eigenvalue weighted by Crippen LogP contribution is -2.49. The molecule has 2 aliphatic heterocycles. The quantitative estimate of drug-likeness (QED) is 0.755. The van der Waals surface area contributed by atoms with Gasteiger partial charge >= 0.3 is 0 Å². The van der Waals surface area contributed by atoms with E-state index in [-0.39, 0.29) is 9.81 Å². The maximum atomic E-state index is 12.5. The molecule has 4 atom stereocenters. The highest BCUT2D eigenvalue weighted by atomic mass is 32.2. The Hall–Kier alpha value is -0.730. The molecule has 0 amide bonds. The second kappa shape index (κ2) is 4.92. The molecule has 7 heteroatoms. The van der Waals surface area contributed by atoms with Gasteiger partial charge in [-0.05, 0) is 27.9 Å². The molecule has 0 bridgehead atoms. The van der Waals surface area contributed by atoms with Gasteiger partial charge in [-0.3, -0.25) is 0 Å². The molecule has 2 saturated heterocycles. The first-order chi connectivity index (χ1) is 9.15. The zero-order valence-corrected chi connectivity index (χ0v) is 13.1. The Labute approximate surface area is 120 Å². The first kappa shape index (κ1) is 15.7. The minimum atomic E-state index is -3.65. The summed E-state index contributed by atoms with van der Waals surface area (Å²) in [5, 5.41) is 5.94. The molecule has 114 valence electrons. The van der Waals surface area contributed by atoms with Gasteiger partial charge in [0.1, 0.15) is 12.2 Å². The highest BCUT2D eigenvalue weighted by molar-refractivity contribution is 7.99. The summed E-state index contributed by atoms with van der Waals surface area (Å²) in [6, 6.07) is -1.08. The van der Waals surface area contributed by atoms with E-state index in [1.165, 1.54) is 0 Å². The Kier molecular flexibility index (Phi) is 3.85. The monoisotopic (exact) mass is 302 g/mol. The van der Waals surface area contributed by atoms with E-state index in [1.807, 2.05) is 0 Å². The Morgan fingerprint density at radius 3 is 1.65 bits per heavy atom. The normalized spacial score (nSPS) is 39.4. The summed E-state index contributed by atoms with van der Waals surface area (Å²) in [4.78, 5) is 0.137. The standard InChI is InChI=1S/C13H22N2O4S/c1-7-9(14-5)11-12(19-13(3,4)18-11)10(15-6)8(2)20(7,16)17/h9-12,14-15H,1-2H2,3-6H3. The summed E-state index contributed by atoms with van der Waals surface area (Å²) in [6.45, 7) is 11.1. The molecule has 2 heterocycles. The molecule has 2 fully saturated rings. The van der Waals surface area contributed by atoms with Crippen LogP contribution in [0.1, 0.15) is 13.8 Å². The second-order valence-electron chi connectivity index (χ2n) is 5.53. The van der Waals surface area contributed by atoms with Crippen molar-refractivity contribution in [1.82, 2.24) is 10.6 Å². The molecule has 0 aromatic rings. The van der Waals surface area contributed by atoms with Gasteiger partial charge in [-0.1, -0.05) is 13.2 Å². The van der Waals surface area contributed by atoms with Crippen LogP contribution >= 0.6 is 0 Å². The van der Waals surface area contributed by atoms with Crippen LogP contribution in [-0.2, 0) is 19.3 Å². The van der Waals surface area contributed by atoms with Gasteiger partial charge in [0, 0.05) is 0 Å². The van der Waals surface area contributed by atoms with Crippen molar-refractivity contribution in [3.8, 4) is 0 Å². The summed E-state index contributed by atoms with van der Waals surface area (Å²) in [7, 11) is -0.292. The van der Waals surface area contributed by atoms with E-state index in [1.54, 1.807) is 27.9 Å². The van der Waals surface area contributed by atoms with Gasteiger partial charge in [-0.15, -0.1) is 0 Å². The van der Waals surface area contributed by atoms with Gasteiger partial charge in [-0.2, -0.15) is 0 Å². The average Bonchev–Trinajstić information content (AvgIpc) is 2.64. The van der Waals surface area contributed by atoms with E-state index in [0.29, 0.717) is 0 Å². The van der Waals surface area contributed by atoms with Gasteiger partial charge in [0.15, 0.2) is 5.79 Å². The van der Waals surface area contributed by atoms with E-state index >= 15 is 0 Å². The summed E-state index contributed by atoms with van der Waals surface area (Å²) < 4.78 is 36.7. The molecule has 2 rings (SSSR count). The van der Waals surface area contributed by atoms with Crippen LogP contribution in [0.15, 0.2) is 23.0 Å². The highest BCUT2D eigenvalue weighted by Crippen LogP contribution is 2.40. The van der Waals surface area contributed by atoms with Crippen molar-refractivity contribution in [2.45, 2.75) is 43.9 Å². The fourth-order valence-electron chi connectivity index (χ4n) is 2.85. The smallest absolute Gasteiger partial charge is 0.201 e. The van der Waals surface area contributed by atoms with Crippen LogP contribution in [0, 0.1) is 0 Å². The topological polar surface area (TPSA) is 76.7 Å². The number of sulfone groups is 1. The van der Waals surface area contributed by atoms with Gasteiger partial charge in [0.2, 0.25) is 9.84 Å². The molecule has 4 unspecified atom stereocenters. The van der Waals surface area contributed by atoms with Crippen molar-refractivity contribution < 1.29 is 17.9 Å². The number of hydrogen-bond donors (Lipinski definition) is 2. The number of likely N-dealkylation sites (N-methyl/N-ethyl adjacent to an activating group) is 2. The van der Waals surface area contributed by atoms with E-state index in [0.717, 1.165) is 0 Å². The van der Waals surface area contributed by atoms with E-state index in [2.05, 4.69) is 23.8 Å². The molecule has 20 heavy (non-hydrogen) atoms. The van der Waals surface area contributed by atoms with Crippen molar-refractivity contribution in [2.75, 3.05) is 14.1 Å². The summed E-state index contributed by atoms with van der Waals surface area (Å²) in [6.07, 6.45) is -0.900. The molecule has 0 aromatic heterocycles. The van der Waals surface area contributed by atoms with Crippen LogP contribution in [0.2, 0.25) is 0 Å². The fourth-order valence-corrected chi connectivity index (χ4v) is 4.36. The maximum Gasteiger partial charge on any atom is 0.201 e. The van der Waals surface area contributed by atoms with Crippen LogP contribution in [0.4, 0.5) is 0 Å². The SMILES string of the molecule is C=C1C(NC)C2OC(C)(C)OC2C(NC)C(=C)S1(=O)=O. The van der Waals surface area contributed by atoms with Crippen molar-refractivity contribution >= 4 is 9.84 Å². The zero-order valence-electron chi connectivity index (χ0n) is 12.3. The first-order valence-electron chi connectivity index (χ1n) is 6.48. The van der Waals surface area contributed by atoms with Crippen molar-refractivity contribution in [3.63, 3.8) is 0 Å². The minimum Gasteiger partial charge on any atom is -0.342 e. The number of rotatable bonds is 2. The summed E-state index contributed by atoms with van der Waals surface area (Å²) in [5.41, 5.74) is 0. The van der Waals surface area contributed by atoms with Gasteiger partial charge in [0.05, 0.1) is 21.9 Å². The third-order valence-electron chi connectivity index (χ3n) is 3.83. The van der Waals surface area contributed by atoms with E-state index in [9.17, 15) is 8.42 Å². The van der Waals surface area contributed by atoms with Gasteiger partial charge in [0.25, 0.3) is 0 Å². The Morgan fingerprint density at radius 2 is 1.35 bits per heavy atom. The minimum absolute atomic E-state index is 0.0686. The Balaban J connectivity index is 2.55. The van der Waals surface area contributed by atoms with Crippen LogP contribution < -0.4 is 10.6 Å². The summed E-state index contributed by atoms with van der Waals surface area (Å²) >= 11 is 0. The Bertz CT molecular complexity index is 501. The van der Waals surface area contributed by atoms with Crippen LogP contribution in [0.3, 0.4) is 0 Å². The predicted octanol–water partition coefficient (Wildman–Crippen LogP) is 0.138. The third kappa shape index (κ3) is 2.23. The van der Waals surface area contributed by atoms with E-state index < -0.39 is 39.9 Å². The van der Waals surface area contributed by atoms with Crippen LogP contribution in [0.5, 0.6) is 0 Å². The second-order valence-corrected chi connectivity index (χ2v) is 7.59. The first-order valence-corrected chi connectivity index (χ1v) is 7.97. The third-order valence-corrected chi connectivity index (χ3v) is 5.72. The van der Waals surface area contributed by atoms with Crippen molar-refractivity contribution in [2.24, 2.45) is 0 Å². The largest absolute Gasteiger partial charge is 0.342 e. The molecule has 0 spiro atoms. The number of ether oxygens (including phenoxy) is 2. The van der Waals surface area contributed by atoms with Crippen LogP contribution in [-0.4, -0.2) is 52.6 Å². The molecule has 2 N–H and O–H groups in total. The molecular formula is C13H22N2O4S. The lowest BCUT2D eigenvalue weighted by atomic mass is 9.99.